The minimum absolute atomic E-state index is 0.00124. The van der Waals surface area contributed by atoms with Crippen LogP contribution in [-0.4, -0.2) is 43.1 Å². The second kappa shape index (κ2) is 8.84. The molecule has 1 aliphatic heterocycles. The van der Waals surface area contributed by atoms with Crippen LogP contribution in [-0.2, 0) is 6.54 Å². The summed E-state index contributed by atoms with van der Waals surface area (Å²) < 4.78 is 10.5. The molecule has 1 heterocycles. The van der Waals surface area contributed by atoms with Crippen molar-refractivity contribution in [1.29, 1.82) is 0 Å². The number of benzene rings is 2. The fourth-order valence-corrected chi connectivity index (χ4v) is 4.06. The van der Waals surface area contributed by atoms with E-state index in [2.05, 4.69) is 4.90 Å². The maximum atomic E-state index is 13.0. The Hall–Kier alpha value is -2.24. The lowest BCUT2D eigenvalue weighted by Crippen LogP contribution is -2.38. The number of piperidine rings is 1. The summed E-state index contributed by atoms with van der Waals surface area (Å²) >= 11 is 6.02. The Morgan fingerprint density at radius 2 is 1.89 bits per heavy atom. The molecule has 5 nitrogen and oxygen atoms in total. The molecule has 0 radical (unpaired) electrons. The van der Waals surface area contributed by atoms with Crippen LogP contribution < -0.4 is 9.47 Å². The van der Waals surface area contributed by atoms with Crippen LogP contribution in [0, 0.1) is 12.8 Å². The molecule has 3 rings (SSSR count). The zero-order chi connectivity index (χ0) is 20.3. The van der Waals surface area contributed by atoms with Gasteiger partial charge in [0.1, 0.15) is 0 Å². The second-order valence-electron chi connectivity index (χ2n) is 7.25. The zero-order valence-corrected chi connectivity index (χ0v) is 17.3. The number of methoxy groups -OCH3 is 2. The Balaban J connectivity index is 1.74. The van der Waals surface area contributed by atoms with E-state index in [9.17, 15) is 9.90 Å². The number of carbonyl (C=O) groups excluding carboxylic acids is 1. The Bertz CT molecular complexity index is 843. The summed E-state index contributed by atoms with van der Waals surface area (Å²) in [5.74, 6) is 0.916. The molecule has 1 N–H and O–H groups in total. The van der Waals surface area contributed by atoms with Crippen LogP contribution in [0.3, 0.4) is 0 Å². The van der Waals surface area contributed by atoms with Crippen molar-refractivity contribution in [2.45, 2.75) is 26.3 Å². The normalized spacial score (nSPS) is 17.4. The molecule has 1 saturated heterocycles. The largest absolute Gasteiger partial charge is 0.502 e. The number of Topliss-reactive ketones (excluding diaryl/α,β-unsaturated/α-hetero) is 1. The van der Waals surface area contributed by atoms with Crippen LogP contribution in [0.2, 0.25) is 5.02 Å². The molecule has 1 unspecified atom stereocenters. The van der Waals surface area contributed by atoms with Gasteiger partial charge in [-0.3, -0.25) is 9.69 Å². The minimum Gasteiger partial charge on any atom is -0.502 e. The number of ether oxygens (including phenoxy) is 2. The number of phenols is 1. The van der Waals surface area contributed by atoms with Gasteiger partial charge >= 0.3 is 0 Å². The van der Waals surface area contributed by atoms with Gasteiger partial charge in [-0.15, -0.1) is 0 Å². The molecule has 0 amide bonds. The number of rotatable bonds is 6. The van der Waals surface area contributed by atoms with Crippen LogP contribution in [0.4, 0.5) is 0 Å². The fraction of sp³-hybridized carbons (Fsp3) is 0.409. The van der Waals surface area contributed by atoms with Crippen molar-refractivity contribution in [3.63, 3.8) is 0 Å². The van der Waals surface area contributed by atoms with Crippen molar-refractivity contribution < 1.29 is 19.4 Å². The van der Waals surface area contributed by atoms with E-state index >= 15 is 0 Å². The number of likely N-dealkylation sites (tertiary alicyclic amines) is 1. The van der Waals surface area contributed by atoms with E-state index in [1.807, 2.05) is 31.2 Å². The van der Waals surface area contributed by atoms with Crippen LogP contribution in [0.5, 0.6) is 17.2 Å². The number of ketones is 1. The second-order valence-corrected chi connectivity index (χ2v) is 7.68. The SMILES string of the molecule is COc1cc(CN2CCCC(C(=O)c3ccc(Cl)cc3C)C2)cc(OC)c1O. The molecule has 1 fully saturated rings. The van der Waals surface area contributed by atoms with E-state index in [1.54, 1.807) is 6.07 Å². The molecule has 0 aliphatic carbocycles. The number of carbonyl (C=O) groups is 1. The predicted octanol–water partition coefficient (Wildman–Crippen LogP) is 4.47. The van der Waals surface area contributed by atoms with Gasteiger partial charge in [0.25, 0.3) is 0 Å². The van der Waals surface area contributed by atoms with E-state index in [0.29, 0.717) is 29.6 Å². The van der Waals surface area contributed by atoms with Crippen molar-refractivity contribution in [1.82, 2.24) is 4.90 Å². The third kappa shape index (κ3) is 4.42. The molecule has 1 atom stereocenters. The Labute approximate surface area is 170 Å². The van der Waals surface area contributed by atoms with Gasteiger partial charge < -0.3 is 14.6 Å². The van der Waals surface area contributed by atoms with Gasteiger partial charge in [-0.1, -0.05) is 11.6 Å². The smallest absolute Gasteiger partial charge is 0.200 e. The molecular weight excluding hydrogens is 378 g/mol. The van der Waals surface area contributed by atoms with Crippen LogP contribution >= 0.6 is 11.6 Å². The monoisotopic (exact) mass is 403 g/mol. The molecule has 0 saturated carbocycles. The zero-order valence-electron chi connectivity index (χ0n) is 16.5. The van der Waals surface area contributed by atoms with Crippen molar-refractivity contribution in [2.75, 3.05) is 27.3 Å². The summed E-state index contributed by atoms with van der Waals surface area (Å²) in [6.07, 6.45) is 1.86. The van der Waals surface area contributed by atoms with Gasteiger partial charge in [0.2, 0.25) is 5.75 Å². The summed E-state index contributed by atoms with van der Waals surface area (Å²) in [4.78, 5) is 15.3. The molecule has 2 aromatic carbocycles. The average Bonchev–Trinajstić information content (AvgIpc) is 2.69. The number of hydrogen-bond donors (Lipinski definition) is 1. The van der Waals surface area contributed by atoms with E-state index in [4.69, 9.17) is 21.1 Å². The van der Waals surface area contributed by atoms with Crippen molar-refractivity contribution in [3.05, 3.63) is 52.0 Å². The van der Waals surface area contributed by atoms with Gasteiger partial charge in [-0.05, 0) is 67.8 Å². The Morgan fingerprint density at radius 3 is 2.50 bits per heavy atom. The highest BCUT2D eigenvalue weighted by atomic mass is 35.5. The number of phenolic OH excluding ortho intramolecular Hbond substituents is 1. The molecule has 0 spiro atoms. The van der Waals surface area contributed by atoms with Gasteiger partial charge in [-0.25, -0.2) is 0 Å². The molecular formula is C22H26ClNO4. The standard InChI is InChI=1S/C22H26ClNO4/c1-14-9-17(23)6-7-18(14)21(25)16-5-4-8-24(13-16)12-15-10-19(27-2)22(26)20(11-15)28-3/h6-7,9-11,16,26H,4-5,8,12-13H2,1-3H3. The average molecular weight is 404 g/mol. The van der Waals surface area contributed by atoms with Crippen molar-refractivity contribution >= 4 is 17.4 Å². The number of aryl methyl sites for hydroxylation is 1. The lowest BCUT2D eigenvalue weighted by atomic mass is 9.88. The maximum absolute atomic E-state index is 13.0. The highest BCUT2D eigenvalue weighted by Crippen LogP contribution is 2.37. The maximum Gasteiger partial charge on any atom is 0.200 e. The lowest BCUT2D eigenvalue weighted by molar-refractivity contribution is 0.0810. The van der Waals surface area contributed by atoms with E-state index in [0.717, 1.165) is 36.1 Å². The van der Waals surface area contributed by atoms with Crippen LogP contribution in [0.25, 0.3) is 0 Å². The van der Waals surface area contributed by atoms with Gasteiger partial charge in [-0.2, -0.15) is 0 Å². The number of hydrogen-bond acceptors (Lipinski definition) is 5. The Kier molecular flexibility index (Phi) is 6.47. The summed E-state index contributed by atoms with van der Waals surface area (Å²) in [5, 5.41) is 10.7. The summed E-state index contributed by atoms with van der Waals surface area (Å²) in [5.41, 5.74) is 2.65. The van der Waals surface area contributed by atoms with Gasteiger partial charge in [0.05, 0.1) is 14.2 Å². The topological polar surface area (TPSA) is 59.0 Å². The molecule has 1 aliphatic rings. The van der Waals surface area contributed by atoms with Gasteiger partial charge in [0.15, 0.2) is 17.3 Å². The molecule has 28 heavy (non-hydrogen) atoms. The van der Waals surface area contributed by atoms with Gasteiger partial charge in [0, 0.05) is 29.6 Å². The summed E-state index contributed by atoms with van der Waals surface area (Å²) in [7, 11) is 3.03. The Morgan fingerprint density at radius 1 is 1.21 bits per heavy atom. The van der Waals surface area contributed by atoms with Crippen LogP contribution in [0.1, 0.15) is 34.3 Å². The highest BCUT2D eigenvalue weighted by molar-refractivity contribution is 6.30. The summed E-state index contributed by atoms with van der Waals surface area (Å²) in [6.45, 7) is 4.21. The molecule has 2 aromatic rings. The number of halogens is 1. The van der Waals surface area contributed by atoms with E-state index in [-0.39, 0.29) is 17.5 Å². The first kappa shape index (κ1) is 20.5. The first-order chi connectivity index (χ1) is 13.4. The van der Waals surface area contributed by atoms with E-state index < -0.39 is 0 Å². The van der Waals surface area contributed by atoms with Crippen molar-refractivity contribution in [3.8, 4) is 17.2 Å². The quantitative estimate of drug-likeness (QED) is 0.721. The van der Waals surface area contributed by atoms with Crippen molar-refractivity contribution in [2.24, 2.45) is 5.92 Å². The van der Waals surface area contributed by atoms with Crippen LogP contribution in [0.15, 0.2) is 30.3 Å². The minimum atomic E-state index is -0.0328. The third-order valence-electron chi connectivity index (χ3n) is 5.28. The molecule has 0 aromatic heterocycles. The summed E-state index contributed by atoms with van der Waals surface area (Å²) in [6, 6.07) is 9.07. The van der Waals surface area contributed by atoms with E-state index in [1.165, 1.54) is 14.2 Å². The highest BCUT2D eigenvalue weighted by Gasteiger charge is 2.27. The lowest BCUT2D eigenvalue weighted by Gasteiger charge is -2.32. The number of aromatic hydroxyl groups is 1. The predicted molar refractivity (Wildman–Crippen MR) is 110 cm³/mol. The number of nitrogens with zero attached hydrogens (tertiary/aromatic N) is 1. The first-order valence-corrected chi connectivity index (χ1v) is 9.77. The molecule has 150 valence electrons. The first-order valence-electron chi connectivity index (χ1n) is 9.39. The third-order valence-corrected chi connectivity index (χ3v) is 5.51. The fourth-order valence-electron chi connectivity index (χ4n) is 3.83. The molecule has 0 bridgehead atoms. The molecule has 6 heteroatoms.